The summed E-state index contributed by atoms with van der Waals surface area (Å²) < 4.78 is 5.17. The third-order valence-electron chi connectivity index (χ3n) is 3.93. The highest BCUT2D eigenvalue weighted by atomic mass is 16.5. The Morgan fingerprint density at radius 3 is 2.30 bits per heavy atom. The largest absolute Gasteiger partial charge is 0.497 e. The molecule has 1 aliphatic rings. The van der Waals surface area contributed by atoms with E-state index >= 15 is 0 Å². The molecule has 0 atom stereocenters. The second kappa shape index (κ2) is 8.41. The summed E-state index contributed by atoms with van der Waals surface area (Å²) in [5.41, 5.74) is 1.14. The number of ether oxygens (including phenoxy) is 1. The van der Waals surface area contributed by atoms with E-state index in [9.17, 15) is 4.79 Å². The number of nitrogens with zero attached hydrogens (tertiary/aromatic N) is 3. The molecular weight excluding hydrogens is 292 g/mol. The molecule has 2 rings (SSSR count). The zero-order chi connectivity index (χ0) is 16.7. The molecular formula is C17H26N4O2. The maximum atomic E-state index is 11.4. The fourth-order valence-corrected chi connectivity index (χ4v) is 2.56. The van der Waals surface area contributed by atoms with Gasteiger partial charge in [-0.1, -0.05) is 12.1 Å². The first kappa shape index (κ1) is 17.1. The highest BCUT2D eigenvalue weighted by Crippen LogP contribution is 2.12. The Balaban J connectivity index is 1.98. The molecule has 126 valence electrons. The van der Waals surface area contributed by atoms with Crippen molar-refractivity contribution in [2.24, 2.45) is 4.99 Å². The molecule has 1 saturated heterocycles. The topological polar surface area (TPSA) is 57.2 Å². The van der Waals surface area contributed by atoms with Crippen LogP contribution in [0, 0.1) is 0 Å². The van der Waals surface area contributed by atoms with Gasteiger partial charge in [-0.2, -0.15) is 0 Å². The van der Waals surface area contributed by atoms with Gasteiger partial charge in [-0.3, -0.25) is 4.79 Å². The molecule has 0 saturated carbocycles. The molecule has 1 heterocycles. The number of hydrogen-bond donors (Lipinski definition) is 1. The Bertz CT molecular complexity index is 534. The number of rotatable bonds is 4. The van der Waals surface area contributed by atoms with E-state index in [0.29, 0.717) is 6.54 Å². The molecule has 0 unspecified atom stereocenters. The number of carbonyl (C=O) groups excluding carboxylic acids is 1. The van der Waals surface area contributed by atoms with Gasteiger partial charge < -0.3 is 19.9 Å². The molecule has 1 aromatic rings. The lowest BCUT2D eigenvalue weighted by Gasteiger charge is -2.36. The van der Waals surface area contributed by atoms with Gasteiger partial charge in [0.1, 0.15) is 5.75 Å². The number of hydrogen-bond acceptors (Lipinski definition) is 3. The van der Waals surface area contributed by atoms with Gasteiger partial charge in [-0.25, -0.2) is 4.99 Å². The third kappa shape index (κ3) is 4.87. The molecule has 1 aromatic carbocycles. The Morgan fingerprint density at radius 1 is 1.17 bits per heavy atom. The van der Waals surface area contributed by atoms with E-state index in [2.05, 4.69) is 17.1 Å². The molecule has 1 aliphatic heterocycles. The van der Waals surface area contributed by atoms with E-state index in [4.69, 9.17) is 9.73 Å². The van der Waals surface area contributed by atoms with Crippen molar-refractivity contribution < 1.29 is 9.53 Å². The number of amides is 1. The third-order valence-corrected chi connectivity index (χ3v) is 3.93. The minimum Gasteiger partial charge on any atom is -0.497 e. The normalized spacial score (nSPS) is 15.5. The quantitative estimate of drug-likeness (QED) is 0.672. The first-order chi connectivity index (χ1) is 11.1. The predicted molar refractivity (Wildman–Crippen MR) is 91.6 cm³/mol. The van der Waals surface area contributed by atoms with E-state index in [-0.39, 0.29) is 5.91 Å². The zero-order valence-corrected chi connectivity index (χ0v) is 14.2. The Morgan fingerprint density at radius 2 is 1.78 bits per heavy atom. The smallest absolute Gasteiger partial charge is 0.219 e. The molecule has 23 heavy (non-hydrogen) atoms. The average molecular weight is 318 g/mol. The Labute approximate surface area is 138 Å². The number of piperazine rings is 1. The lowest BCUT2D eigenvalue weighted by atomic mass is 10.2. The number of carbonyl (C=O) groups is 1. The van der Waals surface area contributed by atoms with Gasteiger partial charge in [0.2, 0.25) is 5.91 Å². The fraction of sp³-hybridized carbons (Fsp3) is 0.529. The first-order valence-corrected chi connectivity index (χ1v) is 8.05. The molecule has 0 radical (unpaired) electrons. The van der Waals surface area contributed by atoms with Crippen LogP contribution in [-0.2, 0) is 11.3 Å². The van der Waals surface area contributed by atoms with Crippen LogP contribution in [0.5, 0.6) is 5.75 Å². The molecule has 0 spiro atoms. The lowest BCUT2D eigenvalue weighted by molar-refractivity contribution is -0.130. The molecule has 0 aliphatic carbocycles. The van der Waals surface area contributed by atoms with Crippen molar-refractivity contribution in [2.45, 2.75) is 20.4 Å². The minimum absolute atomic E-state index is 0.143. The van der Waals surface area contributed by atoms with Crippen LogP contribution in [0.1, 0.15) is 19.4 Å². The van der Waals surface area contributed by atoms with Crippen LogP contribution in [-0.4, -0.2) is 61.5 Å². The van der Waals surface area contributed by atoms with Crippen LogP contribution in [0.25, 0.3) is 0 Å². The van der Waals surface area contributed by atoms with E-state index < -0.39 is 0 Å². The lowest BCUT2D eigenvalue weighted by Crippen LogP contribution is -2.53. The van der Waals surface area contributed by atoms with Crippen molar-refractivity contribution in [2.75, 3.05) is 39.8 Å². The van der Waals surface area contributed by atoms with E-state index in [1.54, 1.807) is 14.0 Å². The van der Waals surface area contributed by atoms with Gasteiger partial charge in [0, 0.05) is 39.6 Å². The van der Waals surface area contributed by atoms with Crippen LogP contribution in [0.15, 0.2) is 29.3 Å². The summed E-state index contributed by atoms with van der Waals surface area (Å²) in [6.07, 6.45) is 0. The second-order valence-electron chi connectivity index (χ2n) is 5.51. The van der Waals surface area contributed by atoms with Gasteiger partial charge >= 0.3 is 0 Å². The van der Waals surface area contributed by atoms with E-state index in [0.717, 1.165) is 50.0 Å². The maximum Gasteiger partial charge on any atom is 0.219 e. The van der Waals surface area contributed by atoms with Crippen molar-refractivity contribution in [3.8, 4) is 5.75 Å². The second-order valence-corrected chi connectivity index (χ2v) is 5.51. The fourth-order valence-electron chi connectivity index (χ4n) is 2.56. The Kier molecular flexibility index (Phi) is 6.26. The summed E-state index contributed by atoms with van der Waals surface area (Å²) in [4.78, 5) is 20.2. The summed E-state index contributed by atoms with van der Waals surface area (Å²) in [5, 5.41) is 3.34. The molecule has 6 nitrogen and oxygen atoms in total. The molecule has 1 N–H and O–H groups in total. The van der Waals surface area contributed by atoms with E-state index in [1.165, 1.54) is 0 Å². The number of methoxy groups -OCH3 is 1. The maximum absolute atomic E-state index is 11.4. The first-order valence-electron chi connectivity index (χ1n) is 8.05. The SMILES string of the molecule is CCNC(=NCc1ccc(OC)cc1)N1CCN(C(C)=O)CC1. The Hall–Kier alpha value is -2.24. The molecule has 0 bridgehead atoms. The van der Waals surface area contributed by atoms with Crippen LogP contribution in [0.2, 0.25) is 0 Å². The van der Waals surface area contributed by atoms with Crippen LogP contribution < -0.4 is 10.1 Å². The van der Waals surface area contributed by atoms with Crippen LogP contribution in [0.3, 0.4) is 0 Å². The average Bonchev–Trinajstić information content (AvgIpc) is 2.59. The van der Waals surface area contributed by atoms with Gasteiger partial charge in [-0.15, -0.1) is 0 Å². The van der Waals surface area contributed by atoms with Crippen molar-refractivity contribution in [3.05, 3.63) is 29.8 Å². The van der Waals surface area contributed by atoms with Crippen molar-refractivity contribution in [1.82, 2.24) is 15.1 Å². The van der Waals surface area contributed by atoms with Crippen LogP contribution >= 0.6 is 0 Å². The molecule has 6 heteroatoms. The highest BCUT2D eigenvalue weighted by Gasteiger charge is 2.20. The monoisotopic (exact) mass is 318 g/mol. The number of guanidine groups is 1. The summed E-state index contributed by atoms with van der Waals surface area (Å²) in [7, 11) is 1.66. The van der Waals surface area contributed by atoms with E-state index in [1.807, 2.05) is 29.2 Å². The number of aliphatic imine (C=N–C) groups is 1. The molecule has 0 aromatic heterocycles. The molecule has 1 amide bonds. The standard InChI is InChI=1S/C17H26N4O2/c1-4-18-17(21-11-9-20(10-12-21)14(2)22)19-13-15-5-7-16(23-3)8-6-15/h5-8H,4,9-13H2,1-3H3,(H,18,19). The van der Waals surface area contributed by atoms with Gasteiger partial charge in [0.05, 0.1) is 13.7 Å². The van der Waals surface area contributed by atoms with Crippen molar-refractivity contribution >= 4 is 11.9 Å². The van der Waals surface area contributed by atoms with Crippen molar-refractivity contribution in [1.29, 1.82) is 0 Å². The summed E-state index contributed by atoms with van der Waals surface area (Å²) in [6.45, 7) is 8.27. The zero-order valence-electron chi connectivity index (χ0n) is 14.2. The summed E-state index contributed by atoms with van der Waals surface area (Å²) in [6, 6.07) is 7.95. The van der Waals surface area contributed by atoms with Crippen LogP contribution in [0.4, 0.5) is 0 Å². The van der Waals surface area contributed by atoms with Crippen molar-refractivity contribution in [3.63, 3.8) is 0 Å². The minimum atomic E-state index is 0.143. The summed E-state index contributed by atoms with van der Waals surface area (Å²) in [5.74, 6) is 1.90. The van der Waals surface area contributed by atoms with Gasteiger partial charge in [0.15, 0.2) is 5.96 Å². The van der Waals surface area contributed by atoms with Gasteiger partial charge in [0.25, 0.3) is 0 Å². The van der Waals surface area contributed by atoms with Gasteiger partial charge in [-0.05, 0) is 24.6 Å². The number of nitrogens with one attached hydrogen (secondary N) is 1. The number of benzene rings is 1. The molecule has 1 fully saturated rings. The predicted octanol–water partition coefficient (Wildman–Crippen LogP) is 1.32. The highest BCUT2D eigenvalue weighted by molar-refractivity contribution is 5.80. The summed E-state index contributed by atoms with van der Waals surface area (Å²) >= 11 is 0.